The van der Waals surface area contributed by atoms with Crippen LogP contribution in [0.25, 0.3) is 43.1 Å². The monoisotopic (exact) mass is 686 g/mol. The van der Waals surface area contributed by atoms with Crippen molar-refractivity contribution in [3.8, 4) is 0 Å². The van der Waals surface area contributed by atoms with Gasteiger partial charge in [-0.15, -0.1) is 64.9 Å². The van der Waals surface area contributed by atoms with Gasteiger partial charge in [0.1, 0.15) is 0 Å². The molecule has 0 nitrogen and oxygen atoms in total. The second kappa shape index (κ2) is 15.5. The molecule has 0 fully saturated rings. The molecule has 1 aliphatic rings. The van der Waals surface area contributed by atoms with Gasteiger partial charge in [-0.25, -0.2) is 12.2 Å². The number of fused-ring (bicyclic) bond motifs is 8. The van der Waals surface area contributed by atoms with E-state index >= 15 is 0 Å². The summed E-state index contributed by atoms with van der Waals surface area (Å²) in [7, 11) is 0. The molecular formula is C41H34Cl2Zr. The predicted octanol–water partition coefficient (Wildman–Crippen LogP) is 11.6. The zero-order valence-electron chi connectivity index (χ0n) is 24.9. The van der Waals surface area contributed by atoms with Crippen LogP contribution >= 0.6 is 24.8 Å². The number of allylic oxidation sites excluding steroid dienone is 4. The Morgan fingerprint density at radius 3 is 1.57 bits per heavy atom. The van der Waals surface area contributed by atoms with Gasteiger partial charge in [0.05, 0.1) is 0 Å². The number of hydrogen-bond acceptors (Lipinski definition) is 0. The Morgan fingerprint density at radius 1 is 0.591 bits per heavy atom. The second-order valence-corrected chi connectivity index (χ2v) is 12.0. The summed E-state index contributed by atoms with van der Waals surface area (Å²) in [6.45, 7) is 4.25. The van der Waals surface area contributed by atoms with Crippen LogP contribution in [0.2, 0.25) is 0 Å². The fraction of sp³-hybridized carbons (Fsp3) is 0.0732. The Hall–Kier alpha value is -3.48. The summed E-state index contributed by atoms with van der Waals surface area (Å²) in [6, 6.07) is 46.0. The van der Waals surface area contributed by atoms with Crippen LogP contribution in [0.5, 0.6) is 0 Å². The molecule has 0 unspecified atom stereocenters. The summed E-state index contributed by atoms with van der Waals surface area (Å²) in [5.41, 5.74) is 5.31. The summed E-state index contributed by atoms with van der Waals surface area (Å²) in [5, 5.41) is 10.8. The molecule has 0 heterocycles. The van der Waals surface area contributed by atoms with E-state index in [1.807, 2.05) is 12.2 Å². The van der Waals surface area contributed by atoms with E-state index in [-0.39, 0.29) is 24.8 Å². The van der Waals surface area contributed by atoms with E-state index in [0.717, 1.165) is 6.42 Å². The van der Waals surface area contributed by atoms with E-state index in [0.29, 0.717) is 0 Å². The van der Waals surface area contributed by atoms with Crippen LogP contribution in [-0.2, 0) is 24.2 Å². The molecule has 0 bridgehead atoms. The quantitative estimate of drug-likeness (QED) is 0.125. The van der Waals surface area contributed by atoms with E-state index in [1.165, 1.54) is 92.8 Å². The number of aryl methyl sites for hydroxylation is 2. The minimum atomic E-state index is 0. The number of halogens is 2. The first-order valence-electron chi connectivity index (χ1n) is 14.4. The smallest absolute Gasteiger partial charge is 0.0255 e. The Balaban J connectivity index is 0.000000171. The average Bonchev–Trinajstić information content (AvgIpc) is 3.75. The van der Waals surface area contributed by atoms with Gasteiger partial charge in [0.15, 0.2) is 0 Å². The first-order chi connectivity index (χ1) is 20.6. The summed E-state index contributed by atoms with van der Waals surface area (Å²) < 4.78 is 1.42. The molecule has 0 amide bonds. The van der Waals surface area contributed by atoms with Crippen molar-refractivity contribution in [1.29, 1.82) is 0 Å². The Bertz CT molecular complexity index is 2020. The number of hydrogen-bond donors (Lipinski definition) is 0. The van der Waals surface area contributed by atoms with Gasteiger partial charge >= 0.3 is 112 Å². The Morgan fingerprint density at radius 2 is 1.07 bits per heavy atom. The Labute approximate surface area is 287 Å². The van der Waals surface area contributed by atoms with Crippen LogP contribution in [0.4, 0.5) is 0 Å². The van der Waals surface area contributed by atoms with Gasteiger partial charge in [0.2, 0.25) is 0 Å². The maximum Gasteiger partial charge on any atom is -0.0255 e. The molecule has 0 saturated heterocycles. The van der Waals surface area contributed by atoms with Crippen LogP contribution < -0.4 is 0 Å². The molecule has 0 N–H and O–H groups in total. The molecular weight excluding hydrogens is 655 g/mol. The van der Waals surface area contributed by atoms with Crippen LogP contribution in [-0.4, -0.2) is 3.21 Å². The molecule has 0 aliphatic heterocycles. The Kier molecular flexibility index (Phi) is 11.8. The minimum absolute atomic E-state index is 0. The molecule has 0 radical (unpaired) electrons. The van der Waals surface area contributed by atoms with Crippen molar-refractivity contribution in [2.75, 3.05) is 0 Å². The summed E-state index contributed by atoms with van der Waals surface area (Å²) in [4.78, 5) is 0. The van der Waals surface area contributed by atoms with Crippen molar-refractivity contribution in [1.82, 2.24) is 0 Å². The molecule has 0 saturated carbocycles. The minimum Gasteiger partial charge on any atom is -0.273 e. The van der Waals surface area contributed by atoms with Crippen LogP contribution in [0, 0.1) is 19.9 Å². The van der Waals surface area contributed by atoms with Crippen molar-refractivity contribution in [2.24, 2.45) is 0 Å². The van der Waals surface area contributed by atoms with E-state index in [1.54, 1.807) is 0 Å². The van der Waals surface area contributed by atoms with Gasteiger partial charge in [-0.2, -0.15) is 6.08 Å². The summed E-state index contributed by atoms with van der Waals surface area (Å²) in [6.07, 6.45) is 10.0. The standard InChI is InChI=1S/C21H13.C15H14.C5H5.2ClH.Zr/c1-2-8-15-14(7-1)13-20-18-11-4-3-9-16(18)17-10-5-6-12-19(17)21(15)20;1-12-3-7-14(8-4-12)11-15-9-5-13(2)6-10-15;1-2-4-5-3-1;;;/h1-13H;3-10H,1-2H3;1-3H,4H2;2*1H;/q-1;;-1;;;+2. The number of rotatable bonds is 2. The molecule has 3 heteroatoms. The zero-order chi connectivity index (χ0) is 28.9. The molecule has 7 aromatic rings. The van der Waals surface area contributed by atoms with Crippen LogP contribution in [0.3, 0.4) is 0 Å². The summed E-state index contributed by atoms with van der Waals surface area (Å²) >= 11 is 1.46. The second-order valence-electron chi connectivity index (χ2n) is 10.7. The fourth-order valence-electron chi connectivity index (χ4n) is 5.56. The van der Waals surface area contributed by atoms with Gasteiger partial charge in [-0.3, -0.25) is 6.08 Å². The topological polar surface area (TPSA) is 0 Å². The predicted molar refractivity (Wildman–Crippen MR) is 194 cm³/mol. The maximum atomic E-state index is 2.99. The van der Waals surface area contributed by atoms with Gasteiger partial charge in [0.25, 0.3) is 0 Å². The first kappa shape index (κ1) is 33.4. The molecule has 1 aliphatic carbocycles. The molecule has 216 valence electrons. The van der Waals surface area contributed by atoms with E-state index < -0.39 is 0 Å². The third kappa shape index (κ3) is 7.25. The molecule has 0 aromatic heterocycles. The van der Waals surface area contributed by atoms with Crippen molar-refractivity contribution in [2.45, 2.75) is 20.3 Å². The van der Waals surface area contributed by atoms with Gasteiger partial charge in [-0.05, 0) is 10.8 Å². The van der Waals surface area contributed by atoms with Crippen molar-refractivity contribution >= 4 is 71.1 Å². The van der Waals surface area contributed by atoms with Crippen LogP contribution in [0.1, 0.15) is 28.7 Å². The molecule has 7 aromatic carbocycles. The van der Waals surface area contributed by atoms with E-state index in [2.05, 4.69) is 153 Å². The summed E-state index contributed by atoms with van der Waals surface area (Å²) in [5.74, 6) is 0. The molecule has 0 spiro atoms. The van der Waals surface area contributed by atoms with Crippen molar-refractivity contribution < 1.29 is 24.2 Å². The van der Waals surface area contributed by atoms with Gasteiger partial charge < -0.3 is 0 Å². The normalized spacial score (nSPS) is 11.4. The molecule has 0 atom stereocenters. The van der Waals surface area contributed by atoms with Gasteiger partial charge in [-0.1, -0.05) is 77.5 Å². The van der Waals surface area contributed by atoms with E-state index in [4.69, 9.17) is 0 Å². The SMILES string of the molecule is Cc1ccc([C](=[Zr+2])c2ccc(C)cc2)cc1.Cl.Cl.[C-]1=CC=CC1.c1ccc2c(c1)[cH-]c1c3ccccc3c3ccccc3c21. The third-order valence-electron chi connectivity index (χ3n) is 7.77. The van der Waals surface area contributed by atoms with Crippen molar-refractivity contribution in [3.05, 3.63) is 174 Å². The number of benzene rings is 6. The maximum absolute atomic E-state index is 2.99. The van der Waals surface area contributed by atoms with Gasteiger partial charge in [0, 0.05) is 0 Å². The zero-order valence-corrected chi connectivity index (χ0v) is 29.0. The fourth-order valence-corrected chi connectivity index (χ4v) is 6.38. The van der Waals surface area contributed by atoms with Crippen molar-refractivity contribution in [3.63, 3.8) is 0 Å². The molecule has 44 heavy (non-hydrogen) atoms. The van der Waals surface area contributed by atoms with E-state index in [9.17, 15) is 0 Å². The van der Waals surface area contributed by atoms with Crippen LogP contribution in [0.15, 0.2) is 146 Å². The average molecular weight is 689 g/mol. The third-order valence-corrected chi connectivity index (χ3v) is 9.19. The largest absolute Gasteiger partial charge is 0.273 e. The first-order valence-corrected chi connectivity index (χ1v) is 15.6. The molecule has 8 rings (SSSR count).